The maximum absolute atomic E-state index is 13.1. The Balaban J connectivity index is 1.82. The highest BCUT2D eigenvalue weighted by molar-refractivity contribution is 7.89. The number of nitrogens with zero attached hydrogens (tertiary/aromatic N) is 4. The largest absolute Gasteiger partial charge is 0.733 e. The van der Waals surface area contributed by atoms with E-state index in [0.29, 0.717) is 11.1 Å². The molecular formula is C20H22N4O8S2-2. The number of rotatable bonds is 6. The molecule has 1 fully saturated rings. The average Bonchev–Trinajstić information content (AvgIpc) is 2.77. The number of anilines is 2. The molecule has 1 heterocycles. The first-order valence-corrected chi connectivity index (χ1v) is 12.6. The van der Waals surface area contributed by atoms with E-state index in [1.54, 1.807) is 0 Å². The van der Waals surface area contributed by atoms with Crippen LogP contribution in [0.1, 0.15) is 0 Å². The first-order chi connectivity index (χ1) is 15.8. The Kier molecular flexibility index (Phi) is 7.44. The van der Waals surface area contributed by atoms with Gasteiger partial charge < -0.3 is 20.9 Å². The summed E-state index contributed by atoms with van der Waals surface area (Å²) in [4.78, 5) is -0.250. The first-order valence-electron chi connectivity index (χ1n) is 9.68. The molecule has 14 heteroatoms. The lowest BCUT2D eigenvalue weighted by Gasteiger charge is -2.32. The SMILES string of the molecule is C=C1CN(S(=O)(=O)c2ccc(N([O-])O)cc2)CC(=C)CN(S(=O)(=O)c2ccc(N([O-])O)cc2)C1. The number of hydrogen-bond donors (Lipinski definition) is 2. The van der Waals surface area contributed by atoms with Crippen LogP contribution in [0, 0.1) is 10.4 Å². The Morgan fingerprint density at radius 1 is 0.647 bits per heavy atom. The Morgan fingerprint density at radius 3 is 1.15 bits per heavy atom. The van der Waals surface area contributed by atoms with Crippen LogP contribution in [0.2, 0.25) is 0 Å². The molecule has 0 amide bonds. The zero-order chi connectivity index (χ0) is 25.3. The average molecular weight is 511 g/mol. The molecule has 2 aromatic carbocycles. The Hall–Kier alpha value is -2.82. The lowest BCUT2D eigenvalue weighted by molar-refractivity contribution is 0.296. The van der Waals surface area contributed by atoms with Gasteiger partial charge in [-0.05, 0) is 59.7 Å². The van der Waals surface area contributed by atoms with Crippen molar-refractivity contribution < 1.29 is 27.3 Å². The van der Waals surface area contributed by atoms with Crippen molar-refractivity contribution in [1.29, 1.82) is 0 Å². The third-order valence-corrected chi connectivity index (χ3v) is 8.60. The minimum absolute atomic E-state index is 0.125. The molecule has 0 aromatic heterocycles. The first kappa shape index (κ1) is 25.8. The summed E-state index contributed by atoms with van der Waals surface area (Å²) < 4.78 is 54.7. The molecule has 0 aliphatic carbocycles. The van der Waals surface area contributed by atoms with Crippen molar-refractivity contribution in [2.75, 3.05) is 36.6 Å². The molecule has 12 nitrogen and oxygen atoms in total. The summed E-state index contributed by atoms with van der Waals surface area (Å²) in [5.74, 6) is 0. The smallest absolute Gasteiger partial charge is 0.243 e. The van der Waals surface area contributed by atoms with Crippen LogP contribution in [-0.2, 0) is 20.0 Å². The molecule has 1 saturated heterocycles. The third kappa shape index (κ3) is 5.45. The molecule has 1 aliphatic heterocycles. The summed E-state index contributed by atoms with van der Waals surface area (Å²) in [5.41, 5.74) is 0.317. The van der Waals surface area contributed by atoms with Gasteiger partial charge in [0.2, 0.25) is 20.0 Å². The van der Waals surface area contributed by atoms with Crippen molar-refractivity contribution >= 4 is 31.4 Å². The minimum atomic E-state index is -4.04. The molecule has 0 saturated carbocycles. The second-order valence-electron chi connectivity index (χ2n) is 7.58. The number of sulfonamides is 2. The van der Waals surface area contributed by atoms with Crippen LogP contribution in [0.5, 0.6) is 0 Å². The molecule has 34 heavy (non-hydrogen) atoms. The summed E-state index contributed by atoms with van der Waals surface area (Å²) in [6.45, 7) is 6.92. The van der Waals surface area contributed by atoms with Crippen LogP contribution in [0.15, 0.2) is 82.6 Å². The monoisotopic (exact) mass is 510 g/mol. The normalized spacial score (nSPS) is 16.7. The van der Waals surface area contributed by atoms with E-state index in [-0.39, 0.29) is 57.8 Å². The van der Waals surface area contributed by atoms with Crippen LogP contribution in [0.4, 0.5) is 11.4 Å². The van der Waals surface area contributed by atoms with E-state index in [2.05, 4.69) is 13.2 Å². The fourth-order valence-electron chi connectivity index (χ4n) is 3.34. The quantitative estimate of drug-likeness (QED) is 0.432. The topological polar surface area (TPSA) is 168 Å². The van der Waals surface area contributed by atoms with Gasteiger partial charge in [0, 0.05) is 26.2 Å². The summed E-state index contributed by atoms with van der Waals surface area (Å²) >= 11 is 0. The second kappa shape index (κ2) is 9.81. The fraction of sp³-hybridized carbons (Fsp3) is 0.200. The van der Waals surface area contributed by atoms with E-state index >= 15 is 0 Å². The van der Waals surface area contributed by atoms with Gasteiger partial charge in [-0.2, -0.15) is 8.61 Å². The fourth-order valence-corrected chi connectivity index (χ4v) is 6.31. The van der Waals surface area contributed by atoms with Gasteiger partial charge in [-0.15, -0.1) is 0 Å². The van der Waals surface area contributed by atoms with Gasteiger partial charge in [-0.1, -0.05) is 13.2 Å². The van der Waals surface area contributed by atoms with E-state index in [1.165, 1.54) is 24.3 Å². The van der Waals surface area contributed by atoms with Crippen molar-refractivity contribution in [3.63, 3.8) is 0 Å². The predicted octanol–water partition coefficient (Wildman–Crippen LogP) is 1.88. The zero-order valence-corrected chi connectivity index (χ0v) is 19.4. The third-order valence-electron chi connectivity index (χ3n) is 4.99. The van der Waals surface area contributed by atoms with Crippen LogP contribution in [-0.4, -0.2) is 62.0 Å². The van der Waals surface area contributed by atoms with E-state index in [1.807, 2.05) is 0 Å². The predicted molar refractivity (Wildman–Crippen MR) is 124 cm³/mol. The summed E-state index contributed by atoms with van der Waals surface area (Å²) in [6, 6.07) is 9.29. The van der Waals surface area contributed by atoms with E-state index in [0.717, 1.165) is 32.9 Å². The van der Waals surface area contributed by atoms with Crippen molar-refractivity contribution in [1.82, 2.24) is 8.61 Å². The van der Waals surface area contributed by atoms with Crippen LogP contribution >= 0.6 is 0 Å². The van der Waals surface area contributed by atoms with Gasteiger partial charge in [0.15, 0.2) is 0 Å². The van der Waals surface area contributed by atoms with E-state index in [4.69, 9.17) is 10.4 Å². The van der Waals surface area contributed by atoms with Gasteiger partial charge in [0.25, 0.3) is 0 Å². The van der Waals surface area contributed by atoms with Crippen molar-refractivity contribution in [2.45, 2.75) is 9.79 Å². The summed E-state index contributed by atoms with van der Waals surface area (Å²) in [5, 5.41) is 39.0. The Morgan fingerprint density at radius 2 is 0.912 bits per heavy atom. The van der Waals surface area contributed by atoms with Gasteiger partial charge in [0.05, 0.1) is 21.2 Å². The molecule has 3 rings (SSSR count). The highest BCUT2D eigenvalue weighted by Gasteiger charge is 2.32. The van der Waals surface area contributed by atoms with Crippen molar-refractivity contribution in [3.05, 3.63) is 83.2 Å². The lowest BCUT2D eigenvalue weighted by Crippen LogP contribution is -2.43. The Bertz CT molecular complexity index is 1160. The zero-order valence-electron chi connectivity index (χ0n) is 17.8. The van der Waals surface area contributed by atoms with Crippen molar-refractivity contribution in [2.24, 2.45) is 0 Å². The highest BCUT2D eigenvalue weighted by Crippen LogP contribution is 2.26. The van der Waals surface area contributed by atoms with E-state index in [9.17, 15) is 27.3 Å². The molecule has 0 unspecified atom stereocenters. The summed E-state index contributed by atoms with van der Waals surface area (Å²) in [7, 11) is -8.09. The van der Waals surface area contributed by atoms with Crippen LogP contribution in [0.25, 0.3) is 0 Å². The Labute approximate surface area is 197 Å². The molecule has 0 radical (unpaired) electrons. The second-order valence-corrected chi connectivity index (χ2v) is 11.5. The highest BCUT2D eigenvalue weighted by atomic mass is 32.2. The van der Waals surface area contributed by atoms with Crippen LogP contribution < -0.4 is 10.5 Å². The molecule has 0 atom stereocenters. The number of benzene rings is 2. The van der Waals surface area contributed by atoms with Gasteiger partial charge in [-0.3, -0.25) is 10.4 Å². The molecular weight excluding hydrogens is 488 g/mol. The summed E-state index contributed by atoms with van der Waals surface area (Å²) in [6.07, 6.45) is 0. The molecule has 0 spiro atoms. The lowest BCUT2D eigenvalue weighted by atomic mass is 10.2. The van der Waals surface area contributed by atoms with E-state index < -0.39 is 20.0 Å². The molecule has 2 N–H and O–H groups in total. The maximum Gasteiger partial charge on any atom is 0.243 e. The van der Waals surface area contributed by atoms with Gasteiger partial charge in [-0.25, -0.2) is 16.8 Å². The molecule has 0 bridgehead atoms. The van der Waals surface area contributed by atoms with Crippen molar-refractivity contribution in [3.8, 4) is 0 Å². The molecule has 1 aliphatic rings. The maximum atomic E-state index is 13.1. The molecule has 184 valence electrons. The van der Waals surface area contributed by atoms with Crippen LogP contribution in [0.3, 0.4) is 0 Å². The van der Waals surface area contributed by atoms with Gasteiger partial charge in [0.1, 0.15) is 0 Å². The minimum Gasteiger partial charge on any atom is -0.733 e. The number of hydrogen-bond acceptors (Lipinski definition) is 10. The standard InChI is InChI=1S/C20H22N4O8S2/c1-15-11-21(33(29,30)19-7-3-17(4-8-19)23(25)26)13-16(2)14-22(12-15)34(31,32)20-9-5-18(6-10-20)24(27)28/h3-10,25,27H,1-2,11-14H2/q-2. The molecule has 2 aromatic rings. The van der Waals surface area contributed by atoms with Gasteiger partial charge >= 0.3 is 0 Å².